The van der Waals surface area contributed by atoms with Gasteiger partial charge >= 0.3 is 0 Å². The number of hydrogen-bond acceptors (Lipinski definition) is 2. The molecule has 1 atom stereocenters. The molecule has 31 heavy (non-hydrogen) atoms. The van der Waals surface area contributed by atoms with Gasteiger partial charge in [0.05, 0.1) is 0 Å². The third-order valence-corrected chi connectivity index (χ3v) is 5.75. The summed E-state index contributed by atoms with van der Waals surface area (Å²) in [6, 6.07) is 16.2. The molecular weight excluding hydrogens is 384 g/mol. The van der Waals surface area contributed by atoms with Gasteiger partial charge in [-0.2, -0.15) is 0 Å². The zero-order chi connectivity index (χ0) is 22.6. The van der Waals surface area contributed by atoms with Crippen molar-refractivity contribution in [2.75, 3.05) is 6.54 Å². The summed E-state index contributed by atoms with van der Waals surface area (Å²) in [6.45, 7) is 9.37. The minimum atomic E-state index is -0.451. The molecule has 0 saturated heterocycles. The van der Waals surface area contributed by atoms with Gasteiger partial charge in [-0.15, -0.1) is 0 Å². The topological polar surface area (TPSA) is 49.4 Å². The van der Waals surface area contributed by atoms with E-state index in [1.807, 2.05) is 26.0 Å². The Labute approximate surface area is 188 Å². The van der Waals surface area contributed by atoms with E-state index < -0.39 is 6.04 Å². The normalized spacial score (nSPS) is 11.7. The molecule has 2 amide bonds. The van der Waals surface area contributed by atoms with Crippen molar-refractivity contribution in [2.45, 2.75) is 78.8 Å². The Bertz CT molecular complexity index is 812. The lowest BCUT2D eigenvalue weighted by Gasteiger charge is -2.31. The Balaban J connectivity index is 2.14. The fraction of sp³-hybridized carbons (Fsp3) is 0.481. The highest BCUT2D eigenvalue weighted by molar-refractivity contribution is 5.87. The van der Waals surface area contributed by atoms with Crippen LogP contribution in [-0.2, 0) is 29.0 Å². The van der Waals surface area contributed by atoms with Crippen molar-refractivity contribution in [2.24, 2.45) is 0 Å². The van der Waals surface area contributed by atoms with Crippen LogP contribution in [0.4, 0.5) is 0 Å². The van der Waals surface area contributed by atoms with E-state index >= 15 is 0 Å². The summed E-state index contributed by atoms with van der Waals surface area (Å²) in [7, 11) is 0. The number of carbonyl (C=O) groups excluding carboxylic acids is 2. The minimum absolute atomic E-state index is 0.0256. The van der Waals surface area contributed by atoms with Crippen LogP contribution in [0.15, 0.2) is 48.5 Å². The van der Waals surface area contributed by atoms with Crippen LogP contribution < -0.4 is 5.32 Å². The van der Waals surface area contributed by atoms with Crippen molar-refractivity contribution < 1.29 is 9.59 Å². The number of amides is 2. The Morgan fingerprint density at radius 3 is 2.10 bits per heavy atom. The summed E-state index contributed by atoms with van der Waals surface area (Å²) in [5, 5.41) is 3.02. The molecule has 0 bridgehead atoms. The molecule has 2 rings (SSSR count). The molecule has 2 aromatic carbocycles. The van der Waals surface area contributed by atoms with Gasteiger partial charge < -0.3 is 10.2 Å². The lowest BCUT2D eigenvalue weighted by Crippen LogP contribution is -2.49. The maximum atomic E-state index is 13.3. The second kappa shape index (κ2) is 12.9. The van der Waals surface area contributed by atoms with Crippen LogP contribution >= 0.6 is 0 Å². The largest absolute Gasteiger partial charge is 0.354 e. The lowest BCUT2D eigenvalue weighted by molar-refractivity contribution is -0.141. The highest BCUT2D eigenvalue weighted by Crippen LogP contribution is 2.16. The summed E-state index contributed by atoms with van der Waals surface area (Å²) < 4.78 is 0. The SMILES string of the molecule is CCCCNC(=O)C(CC)N(Cc1ccc(C)cc1)C(=O)CCc1ccc(CC)cc1. The van der Waals surface area contributed by atoms with Crippen LogP contribution in [0.1, 0.15) is 68.7 Å². The molecule has 0 spiro atoms. The Morgan fingerprint density at radius 2 is 1.52 bits per heavy atom. The first-order valence-corrected chi connectivity index (χ1v) is 11.7. The van der Waals surface area contributed by atoms with E-state index in [0.717, 1.165) is 30.4 Å². The average molecular weight is 423 g/mol. The first-order valence-electron chi connectivity index (χ1n) is 11.7. The Morgan fingerprint density at radius 1 is 0.903 bits per heavy atom. The van der Waals surface area contributed by atoms with Gasteiger partial charge in [-0.05, 0) is 49.3 Å². The van der Waals surface area contributed by atoms with E-state index in [4.69, 9.17) is 0 Å². The highest BCUT2D eigenvalue weighted by atomic mass is 16.2. The lowest BCUT2D eigenvalue weighted by atomic mass is 10.0. The Kier molecular flexibility index (Phi) is 10.3. The smallest absolute Gasteiger partial charge is 0.242 e. The number of rotatable bonds is 12. The number of benzene rings is 2. The van der Waals surface area contributed by atoms with Gasteiger partial charge in [0.15, 0.2) is 0 Å². The number of nitrogens with zero attached hydrogens (tertiary/aromatic N) is 1. The summed E-state index contributed by atoms with van der Waals surface area (Å²) in [5.74, 6) is -0.0265. The van der Waals surface area contributed by atoms with Gasteiger partial charge in [-0.1, -0.05) is 81.3 Å². The van der Waals surface area contributed by atoms with Gasteiger partial charge in [0.2, 0.25) is 11.8 Å². The monoisotopic (exact) mass is 422 g/mol. The quantitative estimate of drug-likeness (QED) is 0.477. The second-order valence-corrected chi connectivity index (χ2v) is 8.25. The third kappa shape index (κ3) is 7.86. The molecule has 0 fully saturated rings. The molecule has 0 saturated carbocycles. The zero-order valence-electron chi connectivity index (χ0n) is 19.6. The maximum Gasteiger partial charge on any atom is 0.242 e. The van der Waals surface area contributed by atoms with E-state index in [2.05, 4.69) is 55.6 Å². The van der Waals surface area contributed by atoms with Gasteiger partial charge in [-0.25, -0.2) is 0 Å². The first-order chi connectivity index (χ1) is 15.0. The molecular formula is C27H38N2O2. The predicted octanol–water partition coefficient (Wildman–Crippen LogP) is 5.21. The Hall–Kier alpha value is -2.62. The van der Waals surface area contributed by atoms with Crippen LogP contribution in [0.5, 0.6) is 0 Å². The molecule has 1 unspecified atom stereocenters. The zero-order valence-corrected chi connectivity index (χ0v) is 19.6. The van der Waals surface area contributed by atoms with Gasteiger partial charge in [0.25, 0.3) is 0 Å². The van der Waals surface area contributed by atoms with Crippen LogP contribution in [0, 0.1) is 6.92 Å². The average Bonchev–Trinajstić information content (AvgIpc) is 2.79. The molecule has 2 aromatic rings. The fourth-order valence-corrected chi connectivity index (χ4v) is 3.65. The first kappa shape index (κ1) is 24.6. The van der Waals surface area contributed by atoms with Crippen molar-refractivity contribution in [3.05, 3.63) is 70.8 Å². The second-order valence-electron chi connectivity index (χ2n) is 8.25. The van der Waals surface area contributed by atoms with Crippen LogP contribution in [-0.4, -0.2) is 29.3 Å². The van der Waals surface area contributed by atoms with E-state index in [1.54, 1.807) is 4.90 Å². The molecule has 4 heteroatoms. The number of aryl methyl sites for hydroxylation is 3. The van der Waals surface area contributed by atoms with Gasteiger partial charge in [0.1, 0.15) is 6.04 Å². The third-order valence-electron chi connectivity index (χ3n) is 5.75. The molecule has 1 N–H and O–H groups in total. The molecule has 0 heterocycles. The van der Waals surface area contributed by atoms with E-state index in [1.165, 1.54) is 11.1 Å². The van der Waals surface area contributed by atoms with Crippen molar-refractivity contribution in [3.8, 4) is 0 Å². The van der Waals surface area contributed by atoms with Crippen LogP contribution in [0.25, 0.3) is 0 Å². The molecule has 0 aliphatic heterocycles. The summed E-state index contributed by atoms with van der Waals surface area (Å²) >= 11 is 0. The van der Waals surface area contributed by atoms with E-state index in [0.29, 0.717) is 32.4 Å². The fourth-order valence-electron chi connectivity index (χ4n) is 3.65. The van der Waals surface area contributed by atoms with E-state index in [-0.39, 0.29) is 11.8 Å². The van der Waals surface area contributed by atoms with E-state index in [9.17, 15) is 9.59 Å². The molecule has 4 nitrogen and oxygen atoms in total. The summed E-state index contributed by atoms with van der Waals surface area (Å²) in [5.41, 5.74) is 4.68. The number of nitrogens with one attached hydrogen (secondary N) is 1. The van der Waals surface area contributed by atoms with Gasteiger partial charge in [0, 0.05) is 19.5 Å². The molecule has 0 aliphatic rings. The number of hydrogen-bond donors (Lipinski definition) is 1. The van der Waals surface area contributed by atoms with Crippen LogP contribution in [0.2, 0.25) is 0 Å². The highest BCUT2D eigenvalue weighted by Gasteiger charge is 2.28. The standard InChI is InChI=1S/C27H38N2O2/c1-5-8-19-28-27(31)25(7-3)29(20-24-11-9-21(4)10-12-24)26(30)18-17-23-15-13-22(6-2)14-16-23/h9-16,25H,5-8,17-20H2,1-4H3,(H,28,31). The van der Waals surface area contributed by atoms with Crippen molar-refractivity contribution in [3.63, 3.8) is 0 Å². The molecule has 0 aliphatic carbocycles. The number of unbranched alkanes of at least 4 members (excludes halogenated alkanes) is 1. The predicted molar refractivity (Wildman–Crippen MR) is 128 cm³/mol. The van der Waals surface area contributed by atoms with Gasteiger partial charge in [-0.3, -0.25) is 9.59 Å². The summed E-state index contributed by atoms with van der Waals surface area (Å²) in [6.07, 6.45) is 4.66. The molecule has 168 valence electrons. The molecule has 0 aromatic heterocycles. The number of carbonyl (C=O) groups is 2. The van der Waals surface area contributed by atoms with Crippen molar-refractivity contribution in [1.82, 2.24) is 10.2 Å². The summed E-state index contributed by atoms with van der Waals surface area (Å²) in [4.78, 5) is 27.9. The van der Waals surface area contributed by atoms with Crippen molar-refractivity contribution >= 4 is 11.8 Å². The van der Waals surface area contributed by atoms with Crippen LogP contribution in [0.3, 0.4) is 0 Å². The molecule has 0 radical (unpaired) electrons. The van der Waals surface area contributed by atoms with Crippen molar-refractivity contribution in [1.29, 1.82) is 0 Å². The maximum absolute atomic E-state index is 13.3. The minimum Gasteiger partial charge on any atom is -0.354 e.